The Morgan fingerprint density at radius 3 is 2.67 bits per heavy atom. The van der Waals surface area contributed by atoms with E-state index < -0.39 is 6.61 Å². The Kier molecular flexibility index (Phi) is 5.36. The summed E-state index contributed by atoms with van der Waals surface area (Å²) in [6.07, 6.45) is 0. The molecule has 1 aromatic carbocycles. The minimum Gasteiger partial charge on any atom is -0.490 e. The van der Waals surface area contributed by atoms with Gasteiger partial charge in [0.2, 0.25) is 0 Å². The van der Waals surface area contributed by atoms with Gasteiger partial charge in [0, 0.05) is 18.5 Å². The van der Waals surface area contributed by atoms with Crippen LogP contribution in [0.2, 0.25) is 0 Å². The fourth-order valence-corrected chi connectivity index (χ4v) is 2.19. The third-order valence-electron chi connectivity index (χ3n) is 3.31. The van der Waals surface area contributed by atoms with Crippen molar-refractivity contribution in [2.45, 2.75) is 27.0 Å². The highest BCUT2D eigenvalue weighted by molar-refractivity contribution is 5.43. The molecule has 0 saturated carbocycles. The van der Waals surface area contributed by atoms with Gasteiger partial charge in [-0.2, -0.15) is 8.78 Å². The number of halogens is 2. The lowest BCUT2D eigenvalue weighted by molar-refractivity contribution is -0.0991. The monoisotopic (exact) mass is 301 g/mol. The van der Waals surface area contributed by atoms with Crippen molar-refractivity contribution in [2.24, 2.45) is 5.41 Å². The third-order valence-corrected chi connectivity index (χ3v) is 3.31. The summed E-state index contributed by atoms with van der Waals surface area (Å²) in [4.78, 5) is 0. The first-order valence-corrected chi connectivity index (χ1v) is 7.01. The van der Waals surface area contributed by atoms with Gasteiger partial charge in [-0.05, 0) is 24.6 Å². The van der Waals surface area contributed by atoms with Gasteiger partial charge in [0.1, 0.15) is 0 Å². The Balaban J connectivity index is 1.94. The summed E-state index contributed by atoms with van der Waals surface area (Å²) in [6.45, 7) is 4.54. The van der Waals surface area contributed by atoms with Crippen molar-refractivity contribution < 1.29 is 23.0 Å². The quantitative estimate of drug-likeness (QED) is 0.801. The van der Waals surface area contributed by atoms with Crippen molar-refractivity contribution in [2.75, 3.05) is 26.4 Å². The van der Waals surface area contributed by atoms with Gasteiger partial charge >= 0.3 is 6.61 Å². The normalized spacial score (nSPS) is 16.6. The maximum absolute atomic E-state index is 12.3. The van der Waals surface area contributed by atoms with Crippen molar-refractivity contribution in [3.8, 4) is 11.5 Å². The number of ether oxygens (including phenoxy) is 3. The largest absolute Gasteiger partial charge is 0.490 e. The van der Waals surface area contributed by atoms with Crippen LogP contribution in [-0.2, 0) is 11.3 Å². The molecule has 1 saturated heterocycles. The smallest absolute Gasteiger partial charge is 0.387 e. The van der Waals surface area contributed by atoms with E-state index in [1.54, 1.807) is 19.1 Å². The molecule has 0 aliphatic carbocycles. The van der Waals surface area contributed by atoms with Crippen molar-refractivity contribution in [3.63, 3.8) is 0 Å². The van der Waals surface area contributed by atoms with Crippen molar-refractivity contribution in [1.82, 2.24) is 5.32 Å². The molecule has 2 rings (SSSR count). The van der Waals surface area contributed by atoms with Crippen LogP contribution in [0.15, 0.2) is 18.2 Å². The lowest BCUT2D eigenvalue weighted by Gasteiger charge is -2.38. The lowest BCUT2D eigenvalue weighted by Crippen LogP contribution is -2.47. The second-order valence-corrected chi connectivity index (χ2v) is 5.50. The van der Waals surface area contributed by atoms with Gasteiger partial charge in [0.25, 0.3) is 0 Å². The summed E-state index contributed by atoms with van der Waals surface area (Å²) < 4.78 is 39.6. The summed E-state index contributed by atoms with van der Waals surface area (Å²) in [5.74, 6) is 0.408. The molecule has 0 spiro atoms. The number of benzene rings is 1. The standard InChI is InChI=1S/C15H21F2NO3/c1-3-20-13-6-11(4-5-12(13)21-14(16)17)7-18-8-15(2)9-19-10-15/h4-6,14,18H,3,7-10H2,1-2H3. The molecule has 1 aliphatic rings. The Morgan fingerprint density at radius 2 is 2.10 bits per heavy atom. The molecule has 6 heteroatoms. The highest BCUT2D eigenvalue weighted by Crippen LogP contribution is 2.30. The second kappa shape index (κ2) is 7.04. The van der Waals surface area contributed by atoms with Crippen LogP contribution in [0.25, 0.3) is 0 Å². The fourth-order valence-electron chi connectivity index (χ4n) is 2.19. The lowest BCUT2D eigenvalue weighted by atomic mass is 9.89. The molecule has 1 fully saturated rings. The van der Waals surface area contributed by atoms with Crippen LogP contribution in [0.5, 0.6) is 11.5 Å². The van der Waals surface area contributed by atoms with E-state index in [0.717, 1.165) is 25.3 Å². The fraction of sp³-hybridized carbons (Fsp3) is 0.600. The van der Waals surface area contributed by atoms with E-state index in [0.29, 0.717) is 18.9 Å². The van der Waals surface area contributed by atoms with E-state index in [2.05, 4.69) is 17.0 Å². The van der Waals surface area contributed by atoms with Crippen LogP contribution in [0.4, 0.5) is 8.78 Å². The maximum atomic E-state index is 12.3. The summed E-state index contributed by atoms with van der Waals surface area (Å²) in [5, 5.41) is 3.35. The zero-order valence-electron chi connectivity index (χ0n) is 12.3. The summed E-state index contributed by atoms with van der Waals surface area (Å²) in [5.41, 5.74) is 1.16. The second-order valence-electron chi connectivity index (χ2n) is 5.50. The third kappa shape index (κ3) is 4.54. The van der Waals surface area contributed by atoms with E-state index >= 15 is 0 Å². The molecule has 0 atom stereocenters. The highest BCUT2D eigenvalue weighted by Gasteiger charge is 2.32. The van der Waals surface area contributed by atoms with Gasteiger partial charge in [0.05, 0.1) is 19.8 Å². The number of hydrogen-bond donors (Lipinski definition) is 1. The minimum absolute atomic E-state index is 0.0648. The number of rotatable bonds is 8. The molecule has 0 bridgehead atoms. The molecule has 0 unspecified atom stereocenters. The van der Waals surface area contributed by atoms with Gasteiger partial charge in [0.15, 0.2) is 11.5 Å². The Bertz CT molecular complexity index is 464. The highest BCUT2D eigenvalue weighted by atomic mass is 19.3. The average molecular weight is 301 g/mol. The molecule has 1 aliphatic heterocycles. The molecule has 1 aromatic rings. The van der Waals surface area contributed by atoms with Gasteiger partial charge < -0.3 is 19.5 Å². The Labute approximate surface area is 123 Å². The number of nitrogens with one attached hydrogen (secondary N) is 1. The minimum atomic E-state index is -2.85. The van der Waals surface area contributed by atoms with Gasteiger partial charge in [-0.1, -0.05) is 13.0 Å². The van der Waals surface area contributed by atoms with E-state index in [4.69, 9.17) is 9.47 Å². The van der Waals surface area contributed by atoms with Crippen LogP contribution in [0.1, 0.15) is 19.4 Å². The maximum Gasteiger partial charge on any atom is 0.387 e. The summed E-state index contributed by atoms with van der Waals surface area (Å²) >= 11 is 0. The number of hydrogen-bond acceptors (Lipinski definition) is 4. The van der Waals surface area contributed by atoms with Gasteiger partial charge in [-0.3, -0.25) is 0 Å². The van der Waals surface area contributed by atoms with Crippen LogP contribution in [-0.4, -0.2) is 33.0 Å². The molecular weight excluding hydrogens is 280 g/mol. The zero-order valence-corrected chi connectivity index (χ0v) is 12.3. The van der Waals surface area contributed by atoms with Crippen LogP contribution in [0, 0.1) is 5.41 Å². The summed E-state index contributed by atoms with van der Waals surface area (Å²) in [6, 6.07) is 5.00. The van der Waals surface area contributed by atoms with E-state index in [1.165, 1.54) is 6.07 Å². The molecule has 0 radical (unpaired) electrons. The average Bonchev–Trinajstić information content (AvgIpc) is 2.39. The van der Waals surface area contributed by atoms with Crippen LogP contribution < -0.4 is 14.8 Å². The molecule has 4 nitrogen and oxygen atoms in total. The van der Waals surface area contributed by atoms with E-state index in [9.17, 15) is 8.78 Å². The molecule has 118 valence electrons. The number of alkyl halides is 2. The first-order valence-electron chi connectivity index (χ1n) is 7.01. The molecule has 21 heavy (non-hydrogen) atoms. The predicted molar refractivity (Wildman–Crippen MR) is 74.9 cm³/mol. The topological polar surface area (TPSA) is 39.7 Å². The molecular formula is C15H21F2NO3. The van der Waals surface area contributed by atoms with E-state index in [1.807, 2.05) is 0 Å². The van der Waals surface area contributed by atoms with Crippen LogP contribution in [0.3, 0.4) is 0 Å². The predicted octanol–water partition coefficient (Wildman–Crippen LogP) is 2.81. The van der Waals surface area contributed by atoms with Crippen molar-refractivity contribution >= 4 is 0 Å². The molecule has 1 N–H and O–H groups in total. The molecule has 0 aromatic heterocycles. The van der Waals surface area contributed by atoms with Gasteiger partial charge in [-0.15, -0.1) is 0 Å². The molecule has 0 amide bonds. The van der Waals surface area contributed by atoms with Crippen LogP contribution >= 0.6 is 0 Å². The summed E-state index contributed by atoms with van der Waals surface area (Å²) in [7, 11) is 0. The van der Waals surface area contributed by atoms with E-state index in [-0.39, 0.29) is 11.2 Å². The first-order chi connectivity index (χ1) is 10.0. The first kappa shape index (κ1) is 16.0. The Morgan fingerprint density at radius 1 is 1.33 bits per heavy atom. The zero-order chi connectivity index (χ0) is 15.3. The SMILES string of the molecule is CCOc1cc(CNCC2(C)COC2)ccc1OC(F)F. The Hall–Kier alpha value is -1.40. The van der Waals surface area contributed by atoms with Gasteiger partial charge in [-0.25, -0.2) is 0 Å². The molecule has 1 heterocycles. The van der Waals surface area contributed by atoms with Crippen molar-refractivity contribution in [3.05, 3.63) is 23.8 Å². The van der Waals surface area contributed by atoms with Crippen molar-refractivity contribution in [1.29, 1.82) is 0 Å².